The van der Waals surface area contributed by atoms with E-state index in [1.165, 1.54) is 0 Å². The summed E-state index contributed by atoms with van der Waals surface area (Å²) < 4.78 is 27.9. The van der Waals surface area contributed by atoms with Crippen molar-refractivity contribution < 1.29 is 8.42 Å². The van der Waals surface area contributed by atoms with E-state index in [-0.39, 0.29) is 24.8 Å². The summed E-state index contributed by atoms with van der Waals surface area (Å²) in [5.41, 5.74) is 0. The van der Waals surface area contributed by atoms with Crippen molar-refractivity contribution in [3.05, 3.63) is 35.1 Å². The molecule has 0 atom stereocenters. The number of benzene rings is 1. The molecule has 0 saturated carbocycles. The van der Waals surface area contributed by atoms with E-state index in [9.17, 15) is 8.42 Å². The highest BCUT2D eigenvalue weighted by Gasteiger charge is 2.27. The van der Waals surface area contributed by atoms with Crippen LogP contribution in [0.5, 0.6) is 0 Å². The lowest BCUT2D eigenvalue weighted by molar-refractivity contribution is 0.431. The zero-order valence-electron chi connectivity index (χ0n) is 12.2. The van der Waals surface area contributed by atoms with Crippen LogP contribution in [-0.4, -0.2) is 43.9 Å². The molecule has 1 fully saturated rings. The Morgan fingerprint density at radius 2 is 1.91 bits per heavy atom. The molecule has 1 aromatic carbocycles. The van der Waals surface area contributed by atoms with Crippen LogP contribution >= 0.6 is 40.7 Å². The normalized spacial score (nSPS) is 16.2. The van der Waals surface area contributed by atoms with Crippen LogP contribution in [-0.2, 0) is 10.0 Å². The lowest BCUT2D eigenvalue weighted by Crippen LogP contribution is -2.34. The number of aromatic nitrogens is 1. The Labute approximate surface area is 156 Å². The van der Waals surface area contributed by atoms with E-state index in [1.807, 2.05) is 6.07 Å². The van der Waals surface area contributed by atoms with E-state index < -0.39 is 10.0 Å². The van der Waals surface area contributed by atoms with Crippen LogP contribution < -0.4 is 5.32 Å². The Kier molecular flexibility index (Phi) is 7.70. The number of hydrogen-bond donors (Lipinski definition) is 1. The number of pyridine rings is 1. The van der Waals surface area contributed by atoms with Crippen LogP contribution in [0.4, 0.5) is 0 Å². The molecule has 1 aromatic heterocycles. The number of hydrogen-bond acceptors (Lipinski definition) is 4. The molecule has 0 spiro atoms. The molecule has 1 aliphatic rings. The van der Waals surface area contributed by atoms with Crippen LogP contribution in [0.2, 0.25) is 0 Å². The molecule has 0 amide bonds. The third-order valence-corrected chi connectivity index (χ3v) is 6.69. The van der Waals surface area contributed by atoms with E-state index in [1.54, 1.807) is 28.8 Å². The van der Waals surface area contributed by atoms with E-state index in [0.29, 0.717) is 29.0 Å². The molecule has 1 aliphatic heterocycles. The van der Waals surface area contributed by atoms with Gasteiger partial charge < -0.3 is 5.32 Å². The fraction of sp³-hybridized carbons (Fsp3) is 0.357. The van der Waals surface area contributed by atoms with Gasteiger partial charge >= 0.3 is 0 Å². The molecule has 0 bridgehead atoms. The molecule has 1 saturated heterocycles. The van der Waals surface area contributed by atoms with Crippen molar-refractivity contribution in [1.82, 2.24) is 14.6 Å². The topological polar surface area (TPSA) is 62.3 Å². The lowest BCUT2D eigenvalue weighted by atomic mass is 10.2. The number of rotatable bonds is 2. The van der Waals surface area contributed by atoms with Gasteiger partial charge in [0.2, 0.25) is 10.0 Å². The quantitative estimate of drug-likeness (QED) is 0.776. The highest BCUT2D eigenvalue weighted by Crippen LogP contribution is 2.32. The smallest absolute Gasteiger partial charge is 0.244 e. The fourth-order valence-electron chi connectivity index (χ4n) is 2.51. The minimum absolute atomic E-state index is 0. The van der Waals surface area contributed by atoms with Crippen LogP contribution in [0.25, 0.3) is 10.8 Å². The van der Waals surface area contributed by atoms with Gasteiger partial charge in [0, 0.05) is 47.3 Å². The minimum Gasteiger partial charge on any atom is -0.315 e. The molecule has 128 valence electrons. The summed E-state index contributed by atoms with van der Waals surface area (Å²) in [6, 6.07) is 5.28. The van der Waals surface area contributed by atoms with Crippen molar-refractivity contribution in [2.75, 3.05) is 26.2 Å². The Morgan fingerprint density at radius 3 is 2.70 bits per heavy atom. The first-order valence-electron chi connectivity index (χ1n) is 6.84. The van der Waals surface area contributed by atoms with Crippen LogP contribution in [0.15, 0.2) is 40.0 Å². The maximum atomic E-state index is 12.9. The average molecular weight is 443 g/mol. The number of sulfonamides is 1. The summed E-state index contributed by atoms with van der Waals surface area (Å²) in [4.78, 5) is 4.38. The zero-order valence-corrected chi connectivity index (χ0v) is 16.3. The first-order chi connectivity index (χ1) is 10.1. The van der Waals surface area contributed by atoms with E-state index in [0.717, 1.165) is 23.7 Å². The molecule has 0 unspecified atom stereocenters. The van der Waals surface area contributed by atoms with Gasteiger partial charge in [0.05, 0.1) is 4.90 Å². The van der Waals surface area contributed by atoms with Crippen molar-refractivity contribution >= 4 is 61.5 Å². The first kappa shape index (κ1) is 20.6. The maximum Gasteiger partial charge on any atom is 0.244 e. The molecule has 3 rings (SSSR count). The average Bonchev–Trinajstić information content (AvgIpc) is 2.77. The summed E-state index contributed by atoms with van der Waals surface area (Å²) in [5.74, 6) is 0. The predicted molar refractivity (Wildman–Crippen MR) is 100 cm³/mol. The third kappa shape index (κ3) is 4.15. The summed E-state index contributed by atoms with van der Waals surface area (Å²) >= 11 is 3.45. The van der Waals surface area contributed by atoms with Gasteiger partial charge in [-0.3, -0.25) is 4.98 Å². The number of fused-ring (bicyclic) bond motifs is 1. The van der Waals surface area contributed by atoms with Crippen molar-refractivity contribution in [1.29, 1.82) is 0 Å². The van der Waals surface area contributed by atoms with Crippen molar-refractivity contribution in [2.24, 2.45) is 0 Å². The monoisotopic (exact) mass is 441 g/mol. The molecule has 5 nitrogen and oxygen atoms in total. The third-order valence-electron chi connectivity index (χ3n) is 3.64. The highest BCUT2D eigenvalue weighted by molar-refractivity contribution is 9.10. The Hall–Kier alpha value is -0.440. The summed E-state index contributed by atoms with van der Waals surface area (Å²) in [6.07, 6.45) is 4.22. The van der Waals surface area contributed by atoms with Crippen LogP contribution in [0.3, 0.4) is 0 Å². The van der Waals surface area contributed by atoms with E-state index >= 15 is 0 Å². The van der Waals surface area contributed by atoms with Crippen molar-refractivity contribution in [3.63, 3.8) is 0 Å². The molecule has 23 heavy (non-hydrogen) atoms. The minimum atomic E-state index is -3.48. The molecule has 1 N–H and O–H groups in total. The molecule has 9 heteroatoms. The number of halogens is 3. The second kappa shape index (κ2) is 8.60. The van der Waals surface area contributed by atoms with E-state index in [2.05, 4.69) is 26.2 Å². The second-order valence-electron chi connectivity index (χ2n) is 4.98. The Bertz CT molecular complexity index is 766. The molecular weight excluding hydrogens is 425 g/mol. The number of nitrogens with zero attached hydrogens (tertiary/aromatic N) is 2. The second-order valence-corrected chi connectivity index (χ2v) is 7.68. The van der Waals surface area contributed by atoms with Gasteiger partial charge in [-0.2, -0.15) is 4.31 Å². The first-order valence-corrected chi connectivity index (χ1v) is 9.07. The van der Waals surface area contributed by atoms with Crippen LogP contribution in [0.1, 0.15) is 6.42 Å². The predicted octanol–water partition coefficient (Wildman–Crippen LogP) is 2.82. The van der Waals surface area contributed by atoms with Gasteiger partial charge in [-0.1, -0.05) is 6.07 Å². The molecule has 0 aliphatic carbocycles. The fourth-order valence-corrected chi connectivity index (χ4v) is 5.17. The Balaban J connectivity index is 0.00000132. The zero-order chi connectivity index (χ0) is 14.9. The van der Waals surface area contributed by atoms with E-state index in [4.69, 9.17) is 0 Å². The van der Waals surface area contributed by atoms with Gasteiger partial charge in [0.15, 0.2) is 0 Å². The standard InChI is InChI=1S/C14H16BrN3O2S.2ClH/c15-14-12-4-6-17-10-11(12)2-3-13(14)21(19,20)18-8-1-5-16-7-9-18;;/h2-4,6,10,16H,1,5,7-9H2;2*1H. The maximum absolute atomic E-state index is 12.9. The van der Waals surface area contributed by atoms with Crippen LogP contribution in [0, 0.1) is 0 Å². The van der Waals surface area contributed by atoms with Gasteiger partial charge in [-0.15, -0.1) is 24.8 Å². The van der Waals surface area contributed by atoms with Gasteiger partial charge in [0.25, 0.3) is 0 Å². The van der Waals surface area contributed by atoms with Gasteiger partial charge in [0.1, 0.15) is 0 Å². The molecule has 2 aromatic rings. The van der Waals surface area contributed by atoms with Crippen molar-refractivity contribution in [2.45, 2.75) is 11.3 Å². The largest absolute Gasteiger partial charge is 0.315 e. The summed E-state index contributed by atoms with van der Waals surface area (Å²) in [5, 5.41) is 5.00. The number of nitrogens with one attached hydrogen (secondary N) is 1. The van der Waals surface area contributed by atoms with Gasteiger partial charge in [-0.05, 0) is 41.0 Å². The molecular formula is C14H18BrCl2N3O2S. The summed E-state index contributed by atoms with van der Waals surface area (Å²) in [6.45, 7) is 2.60. The molecule has 2 heterocycles. The highest BCUT2D eigenvalue weighted by atomic mass is 79.9. The summed E-state index contributed by atoms with van der Waals surface area (Å²) in [7, 11) is -3.48. The lowest BCUT2D eigenvalue weighted by Gasteiger charge is -2.20. The molecule has 0 radical (unpaired) electrons. The SMILES string of the molecule is Cl.Cl.O=S(=O)(c1ccc2cnccc2c1Br)N1CCCNCC1. The van der Waals surface area contributed by atoms with Crippen molar-refractivity contribution in [3.8, 4) is 0 Å². The van der Waals surface area contributed by atoms with Gasteiger partial charge in [-0.25, -0.2) is 8.42 Å². The Morgan fingerprint density at radius 1 is 1.13 bits per heavy atom.